The maximum atomic E-state index is 12.3. The van der Waals surface area contributed by atoms with Crippen LogP contribution in [0.15, 0.2) is 23.3 Å². The van der Waals surface area contributed by atoms with Crippen LogP contribution in [0.3, 0.4) is 0 Å². The number of hydrogen-bond acceptors (Lipinski definition) is 6. The van der Waals surface area contributed by atoms with Crippen LogP contribution in [0.1, 0.15) is 29.7 Å². The molecule has 0 spiro atoms. The Kier molecular flexibility index (Phi) is 4.72. The van der Waals surface area contributed by atoms with Gasteiger partial charge in [0.15, 0.2) is 0 Å². The van der Waals surface area contributed by atoms with E-state index in [0.717, 1.165) is 61.8 Å². The van der Waals surface area contributed by atoms with Crippen molar-refractivity contribution in [3.8, 4) is 0 Å². The van der Waals surface area contributed by atoms with E-state index in [1.54, 1.807) is 4.68 Å². The Morgan fingerprint density at radius 3 is 2.62 bits per heavy atom. The van der Waals surface area contributed by atoms with Gasteiger partial charge in [0.05, 0.1) is 12.2 Å². The molecule has 0 unspecified atom stereocenters. The Labute approximate surface area is 153 Å². The molecule has 7 nitrogen and oxygen atoms in total. The highest BCUT2D eigenvalue weighted by Gasteiger charge is 2.28. The number of aromatic nitrogens is 4. The minimum absolute atomic E-state index is 0.0526. The van der Waals surface area contributed by atoms with Gasteiger partial charge >= 0.3 is 0 Å². The molecular formula is C19H26N6O. The van der Waals surface area contributed by atoms with Crippen molar-refractivity contribution in [2.45, 2.75) is 38.8 Å². The Balaban J connectivity index is 1.32. The lowest BCUT2D eigenvalue weighted by Gasteiger charge is -2.39. The van der Waals surface area contributed by atoms with Gasteiger partial charge in [-0.3, -0.25) is 9.69 Å². The topological polar surface area (TPSA) is 67.2 Å². The third-order valence-corrected chi connectivity index (χ3v) is 5.24. The van der Waals surface area contributed by atoms with Crippen molar-refractivity contribution in [3.63, 3.8) is 0 Å². The molecule has 0 amide bonds. The molecule has 0 N–H and O–H groups in total. The van der Waals surface area contributed by atoms with Crippen molar-refractivity contribution in [1.82, 2.24) is 24.6 Å². The van der Waals surface area contributed by atoms with Crippen LogP contribution in [0.4, 0.5) is 5.95 Å². The number of anilines is 1. The molecule has 2 aliphatic rings. The predicted molar refractivity (Wildman–Crippen MR) is 100 cm³/mol. The molecule has 1 fully saturated rings. The van der Waals surface area contributed by atoms with Crippen molar-refractivity contribution in [1.29, 1.82) is 0 Å². The molecule has 1 aliphatic carbocycles. The van der Waals surface area contributed by atoms with E-state index in [9.17, 15) is 4.79 Å². The van der Waals surface area contributed by atoms with Crippen LogP contribution in [0.2, 0.25) is 0 Å². The van der Waals surface area contributed by atoms with Gasteiger partial charge in [0.2, 0.25) is 5.95 Å². The minimum atomic E-state index is 0.0526. The highest BCUT2D eigenvalue weighted by atomic mass is 16.1. The van der Waals surface area contributed by atoms with Crippen LogP contribution < -0.4 is 10.5 Å². The summed E-state index contributed by atoms with van der Waals surface area (Å²) in [5, 5.41) is 4.63. The van der Waals surface area contributed by atoms with Crippen LogP contribution in [0, 0.1) is 5.92 Å². The number of rotatable bonds is 5. The first-order valence-corrected chi connectivity index (χ1v) is 9.39. The van der Waals surface area contributed by atoms with Crippen LogP contribution in [0.5, 0.6) is 0 Å². The molecule has 2 aromatic rings. The average molecular weight is 354 g/mol. The van der Waals surface area contributed by atoms with Gasteiger partial charge in [-0.25, -0.2) is 14.6 Å². The zero-order valence-corrected chi connectivity index (χ0v) is 15.6. The molecule has 138 valence electrons. The molecule has 0 atom stereocenters. The standard InChI is InChI=1S/C19H26N6O/c1-23(2)19-20-8-14(9-21-19)10-24-11-15(12-24)13-25-18(26)7-16-5-3-4-6-17(16)22-25/h7-9,15H,3-6,10-13H2,1-2H3. The average Bonchev–Trinajstić information content (AvgIpc) is 2.60. The molecule has 1 saturated heterocycles. The van der Waals surface area contributed by atoms with E-state index in [1.807, 2.05) is 37.5 Å². The smallest absolute Gasteiger partial charge is 0.267 e. The van der Waals surface area contributed by atoms with Gasteiger partial charge in [-0.1, -0.05) is 0 Å². The number of nitrogens with zero attached hydrogens (tertiary/aromatic N) is 6. The van der Waals surface area contributed by atoms with Gasteiger partial charge in [0, 0.05) is 63.7 Å². The van der Waals surface area contributed by atoms with Crippen molar-refractivity contribution in [2.24, 2.45) is 5.92 Å². The second-order valence-electron chi connectivity index (χ2n) is 7.69. The Bertz CT molecular complexity index is 823. The van der Waals surface area contributed by atoms with E-state index in [1.165, 1.54) is 12.8 Å². The fourth-order valence-corrected chi connectivity index (χ4v) is 3.82. The Morgan fingerprint density at radius 2 is 1.88 bits per heavy atom. The third kappa shape index (κ3) is 3.62. The van der Waals surface area contributed by atoms with E-state index in [0.29, 0.717) is 5.92 Å². The van der Waals surface area contributed by atoms with Crippen molar-refractivity contribution < 1.29 is 0 Å². The van der Waals surface area contributed by atoms with Crippen LogP contribution in [-0.2, 0) is 25.9 Å². The van der Waals surface area contributed by atoms with Crippen LogP contribution in [-0.4, -0.2) is 51.8 Å². The molecule has 0 radical (unpaired) electrons. The fourth-order valence-electron chi connectivity index (χ4n) is 3.82. The van der Waals surface area contributed by atoms with Gasteiger partial charge in [-0.2, -0.15) is 5.10 Å². The summed E-state index contributed by atoms with van der Waals surface area (Å²) in [6, 6.07) is 1.81. The second-order valence-corrected chi connectivity index (χ2v) is 7.69. The summed E-state index contributed by atoms with van der Waals surface area (Å²) < 4.78 is 1.68. The molecule has 0 bridgehead atoms. The van der Waals surface area contributed by atoms with Gasteiger partial charge in [0.1, 0.15) is 0 Å². The van der Waals surface area contributed by atoms with Crippen molar-refractivity contribution in [2.75, 3.05) is 32.1 Å². The molecule has 0 saturated carbocycles. The molecular weight excluding hydrogens is 328 g/mol. The van der Waals surface area contributed by atoms with Gasteiger partial charge in [-0.05, 0) is 31.2 Å². The summed E-state index contributed by atoms with van der Waals surface area (Å²) >= 11 is 0. The number of aryl methyl sites for hydroxylation is 2. The summed E-state index contributed by atoms with van der Waals surface area (Å²) in [6.07, 6.45) is 8.16. The Hall–Kier alpha value is -2.28. The lowest BCUT2D eigenvalue weighted by atomic mass is 9.96. The zero-order chi connectivity index (χ0) is 18.1. The van der Waals surface area contributed by atoms with Gasteiger partial charge < -0.3 is 4.90 Å². The van der Waals surface area contributed by atoms with E-state index >= 15 is 0 Å². The lowest BCUT2D eigenvalue weighted by Crippen LogP contribution is -2.49. The van der Waals surface area contributed by atoms with E-state index in [4.69, 9.17) is 0 Å². The molecule has 1 aliphatic heterocycles. The van der Waals surface area contributed by atoms with Crippen molar-refractivity contribution in [3.05, 3.63) is 45.6 Å². The monoisotopic (exact) mass is 354 g/mol. The first-order valence-electron chi connectivity index (χ1n) is 9.39. The first kappa shape index (κ1) is 17.1. The predicted octanol–water partition coefficient (Wildman–Crippen LogP) is 1.11. The highest BCUT2D eigenvalue weighted by molar-refractivity contribution is 5.26. The summed E-state index contributed by atoms with van der Waals surface area (Å²) in [4.78, 5) is 25.3. The zero-order valence-electron chi connectivity index (χ0n) is 15.6. The van der Waals surface area contributed by atoms with Gasteiger partial charge in [-0.15, -0.1) is 0 Å². The molecule has 0 aromatic carbocycles. The Morgan fingerprint density at radius 1 is 1.15 bits per heavy atom. The lowest BCUT2D eigenvalue weighted by molar-refractivity contribution is 0.0762. The fraction of sp³-hybridized carbons (Fsp3) is 0.579. The van der Waals surface area contributed by atoms with E-state index in [-0.39, 0.29) is 5.56 Å². The molecule has 7 heteroatoms. The first-order chi connectivity index (χ1) is 12.6. The minimum Gasteiger partial charge on any atom is -0.347 e. The normalized spacial score (nSPS) is 17.6. The summed E-state index contributed by atoms with van der Waals surface area (Å²) in [5.41, 5.74) is 3.47. The molecule has 3 heterocycles. The van der Waals surface area contributed by atoms with E-state index < -0.39 is 0 Å². The quantitative estimate of drug-likeness (QED) is 0.801. The SMILES string of the molecule is CN(C)c1ncc(CN2CC(Cn3nc4c(cc3=O)CCCC4)C2)cn1. The molecule has 4 rings (SSSR count). The summed E-state index contributed by atoms with van der Waals surface area (Å²) in [5.74, 6) is 1.22. The van der Waals surface area contributed by atoms with Gasteiger partial charge in [0.25, 0.3) is 5.56 Å². The maximum Gasteiger partial charge on any atom is 0.267 e. The largest absolute Gasteiger partial charge is 0.347 e. The molecule has 2 aromatic heterocycles. The second kappa shape index (κ2) is 7.15. The number of fused-ring (bicyclic) bond motifs is 1. The third-order valence-electron chi connectivity index (χ3n) is 5.24. The van der Waals surface area contributed by atoms with Crippen LogP contribution >= 0.6 is 0 Å². The van der Waals surface area contributed by atoms with Crippen LogP contribution in [0.25, 0.3) is 0 Å². The number of likely N-dealkylation sites (tertiary alicyclic amines) is 1. The summed E-state index contributed by atoms with van der Waals surface area (Å²) in [7, 11) is 3.87. The van der Waals surface area contributed by atoms with E-state index in [2.05, 4.69) is 20.0 Å². The highest BCUT2D eigenvalue weighted by Crippen LogP contribution is 2.21. The van der Waals surface area contributed by atoms with Crippen molar-refractivity contribution >= 4 is 5.95 Å². The molecule has 26 heavy (non-hydrogen) atoms. The summed E-state index contributed by atoms with van der Waals surface area (Å²) in [6.45, 7) is 3.55. The maximum absolute atomic E-state index is 12.3. The number of hydrogen-bond donors (Lipinski definition) is 0.